The number of hydrogen-bond acceptors (Lipinski definition) is 5. The van der Waals surface area contributed by atoms with Crippen LogP contribution >= 0.6 is 0 Å². The zero-order valence-corrected chi connectivity index (χ0v) is 9.97. The molecule has 0 spiro atoms. The van der Waals surface area contributed by atoms with Crippen molar-refractivity contribution in [1.29, 1.82) is 0 Å². The van der Waals surface area contributed by atoms with E-state index in [9.17, 15) is 10.1 Å². The lowest BCUT2D eigenvalue weighted by Crippen LogP contribution is -2.19. The summed E-state index contributed by atoms with van der Waals surface area (Å²) in [7, 11) is 1.47. The number of nitro groups is 1. The van der Waals surface area contributed by atoms with E-state index in [0.717, 1.165) is 6.42 Å². The first kappa shape index (κ1) is 13.2. The van der Waals surface area contributed by atoms with Gasteiger partial charge in [0, 0.05) is 12.6 Å². The van der Waals surface area contributed by atoms with Crippen molar-refractivity contribution in [3.8, 4) is 5.75 Å². The SMILES string of the molecule is COc1ccc(NCCC(C)N)c([N+](=O)[O-])c1. The molecule has 1 atom stereocenters. The summed E-state index contributed by atoms with van der Waals surface area (Å²) >= 11 is 0. The molecule has 0 fully saturated rings. The molecule has 0 saturated heterocycles. The lowest BCUT2D eigenvalue weighted by molar-refractivity contribution is -0.384. The molecule has 0 aliphatic rings. The van der Waals surface area contributed by atoms with Gasteiger partial charge in [-0.3, -0.25) is 10.1 Å². The number of nitro benzene ring substituents is 1. The quantitative estimate of drug-likeness (QED) is 0.583. The van der Waals surface area contributed by atoms with Crippen LogP contribution in [0.4, 0.5) is 11.4 Å². The maximum atomic E-state index is 10.9. The van der Waals surface area contributed by atoms with Crippen LogP contribution in [0.1, 0.15) is 13.3 Å². The highest BCUT2D eigenvalue weighted by Gasteiger charge is 2.14. The zero-order valence-electron chi connectivity index (χ0n) is 9.97. The molecule has 6 heteroatoms. The van der Waals surface area contributed by atoms with Gasteiger partial charge in [-0.25, -0.2) is 0 Å². The van der Waals surface area contributed by atoms with Gasteiger partial charge in [0.2, 0.25) is 0 Å². The third-order valence-electron chi connectivity index (χ3n) is 2.32. The second-order valence-corrected chi connectivity index (χ2v) is 3.83. The van der Waals surface area contributed by atoms with E-state index >= 15 is 0 Å². The number of rotatable bonds is 6. The molecule has 1 aromatic carbocycles. The van der Waals surface area contributed by atoms with Gasteiger partial charge in [0.05, 0.1) is 18.1 Å². The maximum Gasteiger partial charge on any atom is 0.296 e. The predicted molar refractivity (Wildman–Crippen MR) is 66.4 cm³/mol. The highest BCUT2D eigenvalue weighted by atomic mass is 16.6. The topological polar surface area (TPSA) is 90.4 Å². The third kappa shape index (κ3) is 3.92. The second-order valence-electron chi connectivity index (χ2n) is 3.83. The fraction of sp³-hybridized carbons (Fsp3) is 0.455. The monoisotopic (exact) mass is 239 g/mol. The average Bonchev–Trinajstić information content (AvgIpc) is 2.28. The molecule has 0 heterocycles. The second kappa shape index (κ2) is 6.05. The van der Waals surface area contributed by atoms with Crippen molar-refractivity contribution >= 4 is 11.4 Å². The summed E-state index contributed by atoms with van der Waals surface area (Å²) in [6.07, 6.45) is 0.753. The van der Waals surface area contributed by atoms with E-state index in [0.29, 0.717) is 18.0 Å². The molecule has 0 aliphatic carbocycles. The number of methoxy groups -OCH3 is 1. The standard InChI is InChI=1S/C11H17N3O3/c1-8(12)5-6-13-10-4-3-9(17-2)7-11(10)14(15)16/h3-4,7-8,13H,5-6,12H2,1-2H3. The van der Waals surface area contributed by atoms with Gasteiger partial charge in [-0.1, -0.05) is 0 Å². The van der Waals surface area contributed by atoms with E-state index in [1.54, 1.807) is 12.1 Å². The number of hydrogen-bond donors (Lipinski definition) is 2. The summed E-state index contributed by atoms with van der Waals surface area (Å²) in [6, 6.07) is 4.79. The van der Waals surface area contributed by atoms with Crippen LogP contribution in [0.3, 0.4) is 0 Å². The highest BCUT2D eigenvalue weighted by molar-refractivity contribution is 5.63. The number of nitrogens with two attached hydrogens (primary N) is 1. The predicted octanol–water partition coefficient (Wildman–Crippen LogP) is 1.75. The smallest absolute Gasteiger partial charge is 0.296 e. The van der Waals surface area contributed by atoms with E-state index in [1.807, 2.05) is 6.92 Å². The van der Waals surface area contributed by atoms with Crippen LogP contribution in [0.2, 0.25) is 0 Å². The lowest BCUT2D eigenvalue weighted by Gasteiger charge is -2.09. The van der Waals surface area contributed by atoms with E-state index in [-0.39, 0.29) is 11.7 Å². The van der Waals surface area contributed by atoms with Gasteiger partial charge < -0.3 is 15.8 Å². The van der Waals surface area contributed by atoms with E-state index in [1.165, 1.54) is 13.2 Å². The summed E-state index contributed by atoms with van der Waals surface area (Å²) in [5, 5.41) is 13.9. The molecule has 0 saturated carbocycles. The first-order chi connectivity index (χ1) is 8.04. The van der Waals surface area contributed by atoms with Crippen molar-refractivity contribution in [3.63, 3.8) is 0 Å². The minimum absolute atomic E-state index is 0.00836. The molecule has 1 unspecified atom stereocenters. The molecule has 3 N–H and O–H groups in total. The van der Waals surface area contributed by atoms with Crippen LogP contribution < -0.4 is 15.8 Å². The normalized spacial score (nSPS) is 11.9. The number of nitrogens with one attached hydrogen (secondary N) is 1. The van der Waals surface area contributed by atoms with Gasteiger partial charge >= 0.3 is 0 Å². The Bertz CT molecular complexity index is 394. The Kier molecular flexibility index (Phi) is 4.71. The molecule has 0 bridgehead atoms. The summed E-state index contributed by atoms with van der Waals surface area (Å²) in [5.74, 6) is 0.467. The van der Waals surface area contributed by atoms with E-state index in [4.69, 9.17) is 10.5 Å². The van der Waals surface area contributed by atoms with Gasteiger partial charge in [0.15, 0.2) is 0 Å². The van der Waals surface area contributed by atoms with Crippen LogP contribution in [0.5, 0.6) is 5.75 Å². The van der Waals surface area contributed by atoms with Crippen molar-refractivity contribution in [2.24, 2.45) is 5.73 Å². The summed E-state index contributed by atoms with van der Waals surface area (Å²) in [6.45, 7) is 2.49. The molecule has 0 amide bonds. The van der Waals surface area contributed by atoms with Crippen LogP contribution in [0, 0.1) is 10.1 Å². The maximum absolute atomic E-state index is 10.9. The van der Waals surface area contributed by atoms with Crippen LogP contribution in [0.25, 0.3) is 0 Å². The van der Waals surface area contributed by atoms with Crippen LogP contribution in [-0.2, 0) is 0 Å². The van der Waals surface area contributed by atoms with Gasteiger partial charge in [-0.2, -0.15) is 0 Å². The Labute approximate surface area is 99.9 Å². The largest absolute Gasteiger partial charge is 0.496 e. The zero-order chi connectivity index (χ0) is 12.8. The highest BCUT2D eigenvalue weighted by Crippen LogP contribution is 2.28. The molecule has 1 rings (SSSR count). The minimum Gasteiger partial charge on any atom is -0.496 e. The molecular formula is C11H17N3O3. The summed E-state index contributed by atoms with van der Waals surface area (Å²) < 4.78 is 4.95. The number of benzene rings is 1. The van der Waals surface area contributed by atoms with Gasteiger partial charge in [0.25, 0.3) is 5.69 Å². The van der Waals surface area contributed by atoms with Crippen molar-refractivity contribution in [3.05, 3.63) is 28.3 Å². The molecule has 6 nitrogen and oxygen atoms in total. The fourth-order valence-corrected chi connectivity index (χ4v) is 1.37. The molecule has 0 radical (unpaired) electrons. The Morgan fingerprint density at radius 2 is 2.29 bits per heavy atom. The first-order valence-electron chi connectivity index (χ1n) is 5.36. The fourth-order valence-electron chi connectivity index (χ4n) is 1.37. The molecule has 0 aliphatic heterocycles. The number of ether oxygens (including phenoxy) is 1. The summed E-state index contributed by atoms with van der Waals surface area (Å²) in [5.41, 5.74) is 6.10. The Balaban J connectivity index is 2.80. The lowest BCUT2D eigenvalue weighted by atomic mass is 10.2. The van der Waals surface area contributed by atoms with Crippen LogP contribution in [0.15, 0.2) is 18.2 Å². The molecule has 0 aromatic heterocycles. The number of nitrogens with zero attached hydrogens (tertiary/aromatic N) is 1. The molecule has 1 aromatic rings. The Hall–Kier alpha value is -1.82. The van der Waals surface area contributed by atoms with Crippen LogP contribution in [-0.4, -0.2) is 24.6 Å². The van der Waals surface area contributed by atoms with Crippen molar-refractivity contribution in [1.82, 2.24) is 0 Å². The Morgan fingerprint density at radius 3 is 2.82 bits per heavy atom. The third-order valence-corrected chi connectivity index (χ3v) is 2.32. The van der Waals surface area contributed by atoms with Gasteiger partial charge in [-0.15, -0.1) is 0 Å². The molecular weight excluding hydrogens is 222 g/mol. The molecule has 94 valence electrons. The number of anilines is 1. The first-order valence-corrected chi connectivity index (χ1v) is 5.36. The Morgan fingerprint density at radius 1 is 1.59 bits per heavy atom. The minimum atomic E-state index is -0.434. The van der Waals surface area contributed by atoms with E-state index < -0.39 is 4.92 Å². The van der Waals surface area contributed by atoms with Gasteiger partial charge in [0.1, 0.15) is 11.4 Å². The van der Waals surface area contributed by atoms with E-state index in [2.05, 4.69) is 5.32 Å². The van der Waals surface area contributed by atoms with Crippen molar-refractivity contribution < 1.29 is 9.66 Å². The average molecular weight is 239 g/mol. The van der Waals surface area contributed by atoms with Crippen molar-refractivity contribution in [2.75, 3.05) is 19.0 Å². The van der Waals surface area contributed by atoms with Crippen molar-refractivity contribution in [2.45, 2.75) is 19.4 Å². The summed E-state index contributed by atoms with van der Waals surface area (Å²) in [4.78, 5) is 10.4. The van der Waals surface area contributed by atoms with Gasteiger partial charge in [-0.05, 0) is 25.5 Å². The molecule has 17 heavy (non-hydrogen) atoms.